The first-order chi connectivity index (χ1) is 23.9. The fourth-order valence-corrected chi connectivity index (χ4v) is 7.68. The molecule has 1 aromatic heterocycles. The van der Waals surface area contributed by atoms with E-state index < -0.39 is 22.8 Å². The first-order valence-corrected chi connectivity index (χ1v) is 16.6. The lowest BCUT2D eigenvalue weighted by Gasteiger charge is -2.37. The predicted octanol–water partition coefficient (Wildman–Crippen LogP) is 7.82. The predicted molar refractivity (Wildman–Crippen MR) is 195 cm³/mol. The SMILES string of the molecule is COc1ccc2c(CN3CN(c4ccc(C(c5ccccc5)(c5ccccc5)c5ccccc5)cc4)C(C(=O)C=O)C3(C)C)ccnc2c1. The maximum absolute atomic E-state index is 13.4. The summed E-state index contributed by atoms with van der Waals surface area (Å²) in [6.07, 6.45) is 2.28. The van der Waals surface area contributed by atoms with Crippen LogP contribution < -0.4 is 9.64 Å². The van der Waals surface area contributed by atoms with Crippen LogP contribution in [0.15, 0.2) is 146 Å². The number of rotatable bonds is 10. The van der Waals surface area contributed by atoms with Crippen molar-refractivity contribution in [1.29, 1.82) is 0 Å². The van der Waals surface area contributed by atoms with E-state index in [4.69, 9.17) is 4.74 Å². The van der Waals surface area contributed by atoms with Crippen LogP contribution in [0.4, 0.5) is 5.69 Å². The summed E-state index contributed by atoms with van der Waals surface area (Å²) >= 11 is 0. The van der Waals surface area contributed by atoms with Crippen molar-refractivity contribution in [2.75, 3.05) is 18.7 Å². The summed E-state index contributed by atoms with van der Waals surface area (Å²) in [5, 5.41) is 1.03. The molecule has 6 aromatic rings. The van der Waals surface area contributed by atoms with Gasteiger partial charge in [-0.05, 0) is 72.0 Å². The molecule has 244 valence electrons. The van der Waals surface area contributed by atoms with E-state index in [1.807, 2.05) is 62.5 Å². The van der Waals surface area contributed by atoms with E-state index in [1.54, 1.807) is 7.11 Å². The third kappa shape index (κ3) is 5.58. The summed E-state index contributed by atoms with van der Waals surface area (Å²) in [6, 6.07) is 47.6. The average molecular weight is 646 g/mol. The number of ketones is 1. The Kier molecular flexibility index (Phi) is 8.57. The topological polar surface area (TPSA) is 62.7 Å². The summed E-state index contributed by atoms with van der Waals surface area (Å²) in [7, 11) is 1.65. The van der Waals surface area contributed by atoms with Gasteiger partial charge < -0.3 is 9.64 Å². The van der Waals surface area contributed by atoms with Crippen LogP contribution in [0, 0.1) is 0 Å². The normalized spacial score (nSPS) is 16.1. The summed E-state index contributed by atoms with van der Waals surface area (Å²) in [5.41, 5.74) is 6.18. The van der Waals surface area contributed by atoms with Crippen molar-refractivity contribution < 1.29 is 14.3 Å². The Bertz CT molecular complexity index is 1980. The molecule has 6 nitrogen and oxygen atoms in total. The molecular formula is C43H39N3O3. The van der Waals surface area contributed by atoms with E-state index in [9.17, 15) is 9.59 Å². The van der Waals surface area contributed by atoms with Gasteiger partial charge in [-0.3, -0.25) is 19.5 Å². The van der Waals surface area contributed by atoms with Crippen LogP contribution >= 0.6 is 0 Å². The Morgan fingerprint density at radius 1 is 0.796 bits per heavy atom. The minimum Gasteiger partial charge on any atom is -0.497 e. The van der Waals surface area contributed by atoms with Crippen LogP contribution in [0.3, 0.4) is 0 Å². The summed E-state index contributed by atoms with van der Waals surface area (Å²) in [5.74, 6) is 0.314. The molecule has 0 aliphatic carbocycles. The van der Waals surface area contributed by atoms with Gasteiger partial charge in [-0.15, -0.1) is 0 Å². The number of methoxy groups -OCH3 is 1. The lowest BCUT2D eigenvalue weighted by atomic mass is 9.65. The van der Waals surface area contributed by atoms with Crippen molar-refractivity contribution in [2.45, 2.75) is 37.4 Å². The molecule has 0 bridgehead atoms. The molecule has 6 heteroatoms. The van der Waals surface area contributed by atoms with Gasteiger partial charge in [0.25, 0.3) is 0 Å². The highest BCUT2D eigenvalue weighted by Gasteiger charge is 2.50. The molecule has 7 rings (SSSR count). The lowest BCUT2D eigenvalue weighted by Crippen LogP contribution is -2.51. The van der Waals surface area contributed by atoms with Crippen LogP contribution in [0.25, 0.3) is 10.9 Å². The lowest BCUT2D eigenvalue weighted by molar-refractivity contribution is -0.131. The van der Waals surface area contributed by atoms with Gasteiger partial charge in [0.15, 0.2) is 6.29 Å². The first-order valence-electron chi connectivity index (χ1n) is 16.6. The number of ether oxygens (including phenoxy) is 1. The Labute approximate surface area is 287 Å². The second kappa shape index (κ2) is 13.1. The summed E-state index contributed by atoms with van der Waals surface area (Å²) < 4.78 is 5.42. The van der Waals surface area contributed by atoms with Crippen LogP contribution in [0.5, 0.6) is 5.75 Å². The molecule has 2 heterocycles. The number of aldehydes is 1. The first kappa shape index (κ1) is 32.0. The van der Waals surface area contributed by atoms with Crippen LogP contribution in [-0.2, 0) is 21.5 Å². The summed E-state index contributed by atoms with van der Waals surface area (Å²) in [6.45, 7) is 5.14. The number of benzene rings is 5. The third-order valence-corrected chi connectivity index (χ3v) is 10.2. The van der Waals surface area contributed by atoms with Gasteiger partial charge >= 0.3 is 0 Å². The van der Waals surface area contributed by atoms with Crippen LogP contribution in [0.2, 0.25) is 0 Å². The van der Waals surface area contributed by atoms with Crippen molar-refractivity contribution in [3.8, 4) is 5.75 Å². The van der Waals surface area contributed by atoms with Gasteiger partial charge in [0, 0.05) is 35.4 Å². The third-order valence-electron chi connectivity index (χ3n) is 10.2. The van der Waals surface area contributed by atoms with Crippen LogP contribution in [-0.4, -0.2) is 47.3 Å². The van der Waals surface area contributed by atoms with E-state index in [0.717, 1.165) is 50.2 Å². The second-order valence-corrected chi connectivity index (χ2v) is 13.1. The minimum atomic E-state index is -0.661. The number of carbonyl (C=O) groups excluding carboxylic acids is 2. The number of anilines is 1. The summed E-state index contributed by atoms with van der Waals surface area (Å²) in [4.78, 5) is 34.4. The molecule has 5 aromatic carbocycles. The zero-order valence-electron chi connectivity index (χ0n) is 28.0. The maximum Gasteiger partial charge on any atom is 0.219 e. The van der Waals surface area contributed by atoms with Crippen molar-refractivity contribution in [2.24, 2.45) is 0 Å². The molecule has 1 aliphatic heterocycles. The van der Waals surface area contributed by atoms with Crippen LogP contribution in [0.1, 0.15) is 41.7 Å². The number of nitrogens with zero attached hydrogens (tertiary/aromatic N) is 3. The monoisotopic (exact) mass is 645 g/mol. The fourth-order valence-electron chi connectivity index (χ4n) is 7.68. The number of hydrogen-bond donors (Lipinski definition) is 0. The number of pyridine rings is 1. The molecule has 1 fully saturated rings. The number of carbonyl (C=O) groups is 2. The van der Waals surface area contributed by atoms with E-state index >= 15 is 0 Å². The number of fused-ring (bicyclic) bond motifs is 1. The quantitative estimate of drug-likeness (QED) is 0.0860. The van der Waals surface area contributed by atoms with Gasteiger partial charge in [0.05, 0.1) is 24.7 Å². The van der Waals surface area contributed by atoms with Gasteiger partial charge in [-0.25, -0.2) is 0 Å². The van der Waals surface area contributed by atoms with Crippen molar-refractivity contribution in [1.82, 2.24) is 9.88 Å². The maximum atomic E-state index is 13.4. The number of hydrogen-bond acceptors (Lipinski definition) is 6. The molecular weight excluding hydrogens is 606 g/mol. The number of Topliss-reactive ketones (excluding diaryl/α,β-unsaturated/α-hetero) is 1. The van der Waals surface area contributed by atoms with Gasteiger partial charge in [0.2, 0.25) is 5.78 Å². The van der Waals surface area contributed by atoms with Gasteiger partial charge in [-0.1, -0.05) is 103 Å². The molecule has 0 spiro atoms. The Morgan fingerprint density at radius 2 is 1.35 bits per heavy atom. The molecule has 1 atom stereocenters. The van der Waals surface area contributed by atoms with E-state index in [2.05, 4.69) is 112 Å². The largest absolute Gasteiger partial charge is 0.497 e. The Hall–Kier alpha value is -5.59. The molecule has 0 radical (unpaired) electrons. The molecule has 0 saturated carbocycles. The fraction of sp³-hybridized carbons (Fsp3) is 0.186. The molecule has 1 saturated heterocycles. The average Bonchev–Trinajstić information content (AvgIpc) is 3.42. The molecule has 1 unspecified atom stereocenters. The van der Waals surface area contributed by atoms with Gasteiger partial charge in [0.1, 0.15) is 11.8 Å². The highest BCUT2D eigenvalue weighted by Crippen LogP contribution is 2.46. The zero-order chi connectivity index (χ0) is 34.0. The number of aromatic nitrogens is 1. The Balaban J connectivity index is 1.30. The van der Waals surface area contributed by atoms with Crippen molar-refractivity contribution in [3.05, 3.63) is 174 Å². The molecule has 1 aliphatic rings. The standard InChI is InChI=1S/C43H39N3O3/c1-42(2)41(40(48)29-47)46(30-45(42)28-31-25-26-44-39-27-37(49-3)23-24-38(31)39)36-21-19-35(20-22-36)43(32-13-7-4-8-14-32,33-15-9-5-10-16-33)34-17-11-6-12-18-34/h4-27,29,41H,28,30H2,1-3H3. The minimum absolute atomic E-state index is 0.437. The molecule has 0 amide bonds. The van der Waals surface area contributed by atoms with Crippen molar-refractivity contribution >= 4 is 28.7 Å². The highest BCUT2D eigenvalue weighted by atomic mass is 16.5. The van der Waals surface area contributed by atoms with E-state index in [-0.39, 0.29) is 0 Å². The van der Waals surface area contributed by atoms with Gasteiger partial charge in [-0.2, -0.15) is 0 Å². The Morgan fingerprint density at radius 3 is 1.88 bits per heavy atom. The van der Waals surface area contributed by atoms with E-state index in [1.165, 1.54) is 0 Å². The molecule has 0 N–H and O–H groups in total. The zero-order valence-corrected chi connectivity index (χ0v) is 28.0. The molecule has 49 heavy (non-hydrogen) atoms. The highest BCUT2D eigenvalue weighted by molar-refractivity contribution is 6.29. The van der Waals surface area contributed by atoms with E-state index in [0.29, 0.717) is 19.5 Å². The smallest absolute Gasteiger partial charge is 0.219 e. The van der Waals surface area contributed by atoms with Crippen molar-refractivity contribution in [3.63, 3.8) is 0 Å². The second-order valence-electron chi connectivity index (χ2n) is 13.1.